The van der Waals surface area contributed by atoms with E-state index in [2.05, 4.69) is 16.7 Å². The predicted molar refractivity (Wildman–Crippen MR) is 195 cm³/mol. The van der Waals surface area contributed by atoms with Crippen LogP contribution in [0.15, 0.2) is 97.1 Å². The van der Waals surface area contributed by atoms with Crippen LogP contribution in [0.4, 0.5) is 10.1 Å². The molecule has 2 amide bonds. The Morgan fingerprint density at radius 3 is 2.38 bits per heavy atom. The van der Waals surface area contributed by atoms with E-state index in [9.17, 15) is 24.0 Å². The molecule has 0 saturated heterocycles. The third kappa shape index (κ3) is 8.38. The van der Waals surface area contributed by atoms with E-state index in [1.807, 2.05) is 49.4 Å². The number of benzene rings is 5. The van der Waals surface area contributed by atoms with Crippen LogP contribution in [-0.2, 0) is 22.7 Å². The number of hydrogen-bond acceptors (Lipinski definition) is 7. The third-order valence-electron chi connectivity index (χ3n) is 9.23. The maximum Gasteiger partial charge on any atom is 0.309 e. The standard InChI is InChI=1S/C42H38FN3O6/c1-26-13-18-35(40(47)45-24-27-7-5-11-32(43)20-27)37(19-26)46-41(48)36-22-38(31(23-44)21-39(36)50-2)52-33-16-14-29(15-17-33)42(49)51-25-30-10-6-9-28-8-3-4-12-34(28)30/h3-13,18-22,29,33H,14-17,24-25H2,1-2H3,(H,45,47)(H,46,48). The Morgan fingerprint density at radius 1 is 0.846 bits per heavy atom. The summed E-state index contributed by atoms with van der Waals surface area (Å²) in [5.74, 6) is -1.58. The lowest BCUT2D eigenvalue weighted by Crippen LogP contribution is -2.29. The average molecular weight is 700 g/mol. The van der Waals surface area contributed by atoms with E-state index in [4.69, 9.17) is 14.2 Å². The summed E-state index contributed by atoms with van der Waals surface area (Å²) in [5, 5.41) is 17.7. The van der Waals surface area contributed by atoms with Crippen LogP contribution in [-0.4, -0.2) is 31.0 Å². The second-order valence-corrected chi connectivity index (χ2v) is 12.8. The van der Waals surface area contributed by atoms with Crippen molar-refractivity contribution in [3.05, 3.63) is 136 Å². The number of nitrogens with one attached hydrogen (secondary N) is 2. The molecule has 0 bridgehead atoms. The molecule has 5 aromatic carbocycles. The van der Waals surface area contributed by atoms with Crippen LogP contribution < -0.4 is 20.1 Å². The molecule has 6 rings (SSSR count). The summed E-state index contributed by atoms with van der Waals surface area (Å²) in [6, 6.07) is 29.9. The van der Waals surface area contributed by atoms with Crippen LogP contribution >= 0.6 is 0 Å². The largest absolute Gasteiger partial charge is 0.496 e. The van der Waals surface area contributed by atoms with Crippen molar-refractivity contribution in [2.45, 2.75) is 51.9 Å². The highest BCUT2D eigenvalue weighted by Crippen LogP contribution is 2.34. The van der Waals surface area contributed by atoms with E-state index < -0.39 is 17.6 Å². The van der Waals surface area contributed by atoms with Gasteiger partial charge in [0.2, 0.25) is 0 Å². The SMILES string of the molecule is COc1cc(C#N)c(OC2CCC(C(=O)OCc3cccc4ccccc34)CC2)cc1C(=O)Nc1cc(C)ccc1C(=O)NCc1cccc(F)c1. The molecule has 0 aliphatic heterocycles. The molecule has 1 fully saturated rings. The molecule has 0 aromatic heterocycles. The molecule has 2 N–H and O–H groups in total. The van der Waals surface area contributed by atoms with Crippen molar-refractivity contribution in [2.24, 2.45) is 5.92 Å². The average Bonchev–Trinajstić information content (AvgIpc) is 3.16. The van der Waals surface area contributed by atoms with Gasteiger partial charge >= 0.3 is 5.97 Å². The Hall–Kier alpha value is -6.21. The fourth-order valence-corrected chi connectivity index (χ4v) is 6.45. The van der Waals surface area contributed by atoms with Crippen molar-refractivity contribution in [3.63, 3.8) is 0 Å². The Morgan fingerprint density at radius 2 is 1.62 bits per heavy atom. The van der Waals surface area contributed by atoms with Crippen LogP contribution in [0.1, 0.15) is 68.7 Å². The first kappa shape index (κ1) is 35.6. The molecule has 10 heteroatoms. The molecule has 1 saturated carbocycles. The van der Waals surface area contributed by atoms with Crippen molar-refractivity contribution in [3.8, 4) is 17.6 Å². The maximum atomic E-state index is 13.7. The summed E-state index contributed by atoms with van der Waals surface area (Å²) in [6.07, 6.45) is 1.95. The van der Waals surface area contributed by atoms with E-state index in [1.165, 1.54) is 31.4 Å². The lowest BCUT2D eigenvalue weighted by Gasteiger charge is -2.28. The minimum atomic E-state index is -0.575. The zero-order valence-electron chi connectivity index (χ0n) is 28.9. The molecule has 9 nitrogen and oxygen atoms in total. The molecule has 5 aromatic rings. The first-order chi connectivity index (χ1) is 25.2. The zero-order chi connectivity index (χ0) is 36.6. The second-order valence-electron chi connectivity index (χ2n) is 12.8. The van der Waals surface area contributed by atoms with Gasteiger partial charge in [-0.05, 0) is 90.4 Å². The van der Waals surface area contributed by atoms with Gasteiger partial charge in [-0.15, -0.1) is 0 Å². The molecule has 0 atom stereocenters. The number of carbonyl (C=O) groups excluding carboxylic acids is 3. The highest BCUT2D eigenvalue weighted by molar-refractivity contribution is 6.10. The number of amides is 2. The smallest absolute Gasteiger partial charge is 0.309 e. The van der Waals surface area contributed by atoms with Gasteiger partial charge in [-0.3, -0.25) is 14.4 Å². The molecule has 0 heterocycles. The number of anilines is 1. The van der Waals surface area contributed by atoms with Crippen molar-refractivity contribution in [1.82, 2.24) is 5.32 Å². The lowest BCUT2D eigenvalue weighted by atomic mass is 9.87. The lowest BCUT2D eigenvalue weighted by molar-refractivity contribution is -0.151. The first-order valence-corrected chi connectivity index (χ1v) is 17.1. The highest BCUT2D eigenvalue weighted by Gasteiger charge is 2.30. The van der Waals surface area contributed by atoms with Gasteiger partial charge in [-0.2, -0.15) is 5.26 Å². The number of halogens is 1. The van der Waals surface area contributed by atoms with Gasteiger partial charge in [0.05, 0.1) is 41.5 Å². The van der Waals surface area contributed by atoms with Gasteiger partial charge in [-0.25, -0.2) is 4.39 Å². The van der Waals surface area contributed by atoms with Gasteiger partial charge < -0.3 is 24.8 Å². The number of hydrogen-bond donors (Lipinski definition) is 2. The number of ether oxygens (including phenoxy) is 3. The monoisotopic (exact) mass is 699 g/mol. The Kier molecular flexibility index (Phi) is 11.1. The van der Waals surface area contributed by atoms with E-state index in [-0.39, 0.29) is 65.0 Å². The van der Waals surface area contributed by atoms with Crippen LogP contribution in [0, 0.1) is 30.0 Å². The number of nitriles is 1. The second kappa shape index (κ2) is 16.2. The normalized spacial score (nSPS) is 15.3. The molecule has 264 valence electrons. The van der Waals surface area contributed by atoms with Crippen LogP contribution in [0.25, 0.3) is 10.8 Å². The van der Waals surface area contributed by atoms with Crippen molar-refractivity contribution < 1.29 is 33.0 Å². The van der Waals surface area contributed by atoms with Crippen molar-refractivity contribution >= 4 is 34.2 Å². The summed E-state index contributed by atoms with van der Waals surface area (Å²) in [7, 11) is 1.40. The highest BCUT2D eigenvalue weighted by atomic mass is 19.1. The summed E-state index contributed by atoms with van der Waals surface area (Å²) < 4.78 is 31.1. The molecule has 1 aliphatic carbocycles. The van der Waals surface area contributed by atoms with Crippen LogP contribution in [0.2, 0.25) is 0 Å². The Labute approximate surface area is 301 Å². The van der Waals surface area contributed by atoms with Crippen molar-refractivity contribution in [1.29, 1.82) is 5.26 Å². The van der Waals surface area contributed by atoms with Crippen LogP contribution in [0.3, 0.4) is 0 Å². The topological polar surface area (TPSA) is 127 Å². The fraction of sp³-hybridized carbons (Fsp3) is 0.238. The molecule has 1 aliphatic rings. The summed E-state index contributed by atoms with van der Waals surface area (Å²) in [6.45, 7) is 2.12. The summed E-state index contributed by atoms with van der Waals surface area (Å²) >= 11 is 0. The van der Waals surface area contributed by atoms with E-state index in [1.54, 1.807) is 30.3 Å². The quantitative estimate of drug-likeness (QED) is 0.134. The van der Waals surface area contributed by atoms with Gasteiger partial charge in [0.1, 0.15) is 30.0 Å². The molecular weight excluding hydrogens is 661 g/mol. The number of fused-ring (bicyclic) bond motifs is 1. The first-order valence-electron chi connectivity index (χ1n) is 17.1. The Balaban J connectivity index is 1.11. The maximum absolute atomic E-state index is 13.7. The van der Waals surface area contributed by atoms with Gasteiger partial charge in [0, 0.05) is 12.6 Å². The number of esters is 1. The third-order valence-corrected chi connectivity index (χ3v) is 9.23. The van der Waals surface area contributed by atoms with Crippen LogP contribution in [0.5, 0.6) is 11.5 Å². The van der Waals surface area contributed by atoms with E-state index in [0.29, 0.717) is 31.2 Å². The minimum absolute atomic E-state index is 0.0935. The Bertz CT molecular complexity index is 2160. The van der Waals surface area contributed by atoms with E-state index >= 15 is 0 Å². The van der Waals surface area contributed by atoms with Gasteiger partial charge in [0.25, 0.3) is 11.8 Å². The number of nitrogens with zero attached hydrogens (tertiary/aromatic N) is 1. The summed E-state index contributed by atoms with van der Waals surface area (Å²) in [4.78, 5) is 39.9. The molecule has 0 radical (unpaired) electrons. The molecular formula is C42H38FN3O6. The number of aryl methyl sites for hydroxylation is 1. The molecule has 0 spiro atoms. The molecule has 0 unspecified atom stereocenters. The van der Waals surface area contributed by atoms with E-state index in [0.717, 1.165) is 21.9 Å². The van der Waals surface area contributed by atoms with Gasteiger partial charge in [0.15, 0.2) is 0 Å². The number of rotatable bonds is 11. The predicted octanol–water partition coefficient (Wildman–Crippen LogP) is 8.03. The fourth-order valence-electron chi connectivity index (χ4n) is 6.45. The van der Waals surface area contributed by atoms with Crippen molar-refractivity contribution in [2.75, 3.05) is 12.4 Å². The minimum Gasteiger partial charge on any atom is -0.496 e. The summed E-state index contributed by atoms with van der Waals surface area (Å²) in [5.41, 5.74) is 3.13. The molecule has 52 heavy (non-hydrogen) atoms. The number of carbonyl (C=O) groups is 3. The zero-order valence-corrected chi connectivity index (χ0v) is 28.9. The van der Waals surface area contributed by atoms with Gasteiger partial charge in [-0.1, -0.05) is 60.7 Å². The number of methoxy groups -OCH3 is 1.